The Morgan fingerprint density at radius 2 is 1.86 bits per heavy atom. The SMILES string of the molecule is C=C1CC[C@H]2C(C)(C)CCC[C@]2(C)[C@H]1CC/C=C/COP(=O)(O)OP(=O)(O)O. The van der Waals surface area contributed by atoms with Crippen molar-refractivity contribution in [3.63, 3.8) is 0 Å². The van der Waals surface area contributed by atoms with Crippen molar-refractivity contribution in [1.29, 1.82) is 0 Å². The average Bonchev–Trinajstić information content (AvgIpc) is 2.49. The van der Waals surface area contributed by atoms with Crippen molar-refractivity contribution in [1.82, 2.24) is 0 Å². The number of phosphoric ester groups is 1. The zero-order valence-corrected chi connectivity index (χ0v) is 18.8. The molecule has 0 spiro atoms. The van der Waals surface area contributed by atoms with Crippen molar-refractivity contribution in [3.05, 3.63) is 24.3 Å². The van der Waals surface area contributed by atoms with Crippen LogP contribution in [0.2, 0.25) is 0 Å². The van der Waals surface area contributed by atoms with Crippen molar-refractivity contribution in [2.45, 2.75) is 65.7 Å². The third-order valence-corrected chi connectivity index (χ3v) is 8.80. The van der Waals surface area contributed by atoms with Crippen LogP contribution in [0.25, 0.3) is 0 Å². The van der Waals surface area contributed by atoms with Gasteiger partial charge in [0.15, 0.2) is 0 Å². The maximum Gasteiger partial charge on any atom is 0.481 e. The molecule has 28 heavy (non-hydrogen) atoms. The first-order valence-corrected chi connectivity index (χ1v) is 12.9. The van der Waals surface area contributed by atoms with E-state index in [0.717, 1.165) is 19.3 Å². The molecular formula is C19H34O7P2. The molecule has 2 aliphatic carbocycles. The fraction of sp³-hybridized carbons (Fsp3) is 0.789. The Bertz CT molecular complexity index is 696. The summed E-state index contributed by atoms with van der Waals surface area (Å²) in [6.45, 7) is 11.3. The summed E-state index contributed by atoms with van der Waals surface area (Å²) in [5, 5.41) is 0. The van der Waals surface area contributed by atoms with Gasteiger partial charge in [-0.2, -0.15) is 4.31 Å². The van der Waals surface area contributed by atoms with Gasteiger partial charge in [0.25, 0.3) is 0 Å². The lowest BCUT2D eigenvalue weighted by molar-refractivity contribution is -0.0537. The predicted molar refractivity (Wildman–Crippen MR) is 108 cm³/mol. The number of hydrogen-bond donors (Lipinski definition) is 3. The molecular weight excluding hydrogens is 402 g/mol. The lowest BCUT2D eigenvalue weighted by atomic mass is 9.47. The summed E-state index contributed by atoms with van der Waals surface area (Å²) in [7, 11) is -9.85. The predicted octanol–water partition coefficient (Wildman–Crippen LogP) is 5.35. The highest BCUT2D eigenvalue weighted by Crippen LogP contribution is 2.61. The van der Waals surface area contributed by atoms with Gasteiger partial charge in [0, 0.05) is 0 Å². The molecule has 4 atom stereocenters. The molecule has 3 N–H and O–H groups in total. The van der Waals surface area contributed by atoms with E-state index >= 15 is 0 Å². The Morgan fingerprint density at radius 1 is 1.18 bits per heavy atom. The van der Waals surface area contributed by atoms with E-state index in [4.69, 9.17) is 9.79 Å². The van der Waals surface area contributed by atoms with E-state index in [1.165, 1.54) is 31.3 Å². The lowest BCUT2D eigenvalue weighted by Crippen LogP contribution is -2.49. The molecule has 1 unspecified atom stereocenters. The molecule has 162 valence electrons. The van der Waals surface area contributed by atoms with Crippen LogP contribution < -0.4 is 0 Å². The fourth-order valence-electron chi connectivity index (χ4n) is 5.55. The number of phosphoric acid groups is 2. The number of hydrogen-bond acceptors (Lipinski definition) is 4. The standard InChI is InChI=1S/C19H34O7P2/c1-15-10-11-17-18(2,3)12-8-13-19(17,4)16(15)9-6-5-7-14-25-28(23,24)26-27(20,21)22/h5,7,16-17H,1,6,8-14H2,2-4H3,(H,23,24)(H2,20,21,22)/b7-5+/t16-,17-,19+/m0/s1. The second-order valence-corrected chi connectivity index (χ2v) is 11.9. The van der Waals surface area contributed by atoms with E-state index in [-0.39, 0.29) is 12.0 Å². The summed E-state index contributed by atoms with van der Waals surface area (Å²) in [6, 6.07) is 0. The number of rotatable bonds is 8. The summed E-state index contributed by atoms with van der Waals surface area (Å²) in [6.07, 6.45) is 11.2. The van der Waals surface area contributed by atoms with Crippen LogP contribution in [0.3, 0.4) is 0 Å². The maximum absolute atomic E-state index is 11.4. The zero-order valence-electron chi connectivity index (χ0n) is 17.0. The van der Waals surface area contributed by atoms with Gasteiger partial charge in [0.1, 0.15) is 0 Å². The molecule has 0 amide bonds. The molecule has 2 fully saturated rings. The molecule has 2 rings (SSSR count). The van der Waals surface area contributed by atoms with Gasteiger partial charge in [-0.3, -0.25) is 4.52 Å². The second kappa shape index (κ2) is 8.85. The normalized spacial score (nSPS) is 32.9. The molecule has 0 aromatic heterocycles. The highest BCUT2D eigenvalue weighted by atomic mass is 31.3. The average molecular weight is 436 g/mol. The Morgan fingerprint density at radius 3 is 2.50 bits per heavy atom. The quantitative estimate of drug-likeness (QED) is 0.347. The van der Waals surface area contributed by atoms with Crippen molar-refractivity contribution in [2.24, 2.45) is 22.7 Å². The van der Waals surface area contributed by atoms with Crippen LogP contribution in [-0.4, -0.2) is 21.3 Å². The fourth-order valence-corrected chi connectivity index (χ4v) is 7.09. The largest absolute Gasteiger partial charge is 0.481 e. The van der Waals surface area contributed by atoms with Crippen LogP contribution in [0.15, 0.2) is 24.3 Å². The van der Waals surface area contributed by atoms with Crippen molar-refractivity contribution < 1.29 is 32.6 Å². The molecule has 0 heterocycles. The van der Waals surface area contributed by atoms with E-state index in [1.807, 2.05) is 6.08 Å². The molecule has 7 nitrogen and oxygen atoms in total. The Hall–Kier alpha value is -0.260. The summed E-state index contributed by atoms with van der Waals surface area (Å²) in [4.78, 5) is 26.4. The van der Waals surface area contributed by atoms with E-state index in [0.29, 0.717) is 17.3 Å². The first-order valence-electron chi connectivity index (χ1n) is 9.84. The zero-order chi connectivity index (χ0) is 21.2. The molecule has 9 heteroatoms. The third-order valence-electron chi connectivity index (χ3n) is 6.65. The minimum absolute atomic E-state index is 0.258. The van der Waals surface area contributed by atoms with E-state index in [1.54, 1.807) is 6.08 Å². The monoisotopic (exact) mass is 436 g/mol. The van der Waals surface area contributed by atoms with Gasteiger partial charge in [-0.05, 0) is 61.2 Å². The van der Waals surface area contributed by atoms with Crippen LogP contribution >= 0.6 is 15.6 Å². The second-order valence-electron chi connectivity index (χ2n) is 9.04. The lowest BCUT2D eigenvalue weighted by Gasteiger charge is -2.58. The van der Waals surface area contributed by atoms with Crippen LogP contribution in [0.5, 0.6) is 0 Å². The van der Waals surface area contributed by atoms with Gasteiger partial charge in [0.2, 0.25) is 0 Å². The van der Waals surface area contributed by atoms with Gasteiger partial charge in [-0.1, -0.05) is 51.5 Å². The smallest absolute Gasteiger partial charge is 0.302 e. The molecule has 0 bridgehead atoms. The highest BCUT2D eigenvalue weighted by Gasteiger charge is 2.52. The van der Waals surface area contributed by atoms with Crippen LogP contribution in [0.1, 0.15) is 65.7 Å². The first-order chi connectivity index (χ1) is 12.8. The Kier molecular flexibility index (Phi) is 7.59. The summed E-state index contributed by atoms with van der Waals surface area (Å²) in [5.74, 6) is 1.15. The van der Waals surface area contributed by atoms with Gasteiger partial charge in [-0.15, -0.1) is 0 Å². The van der Waals surface area contributed by atoms with Crippen LogP contribution in [0.4, 0.5) is 0 Å². The summed E-state index contributed by atoms with van der Waals surface area (Å²) in [5.41, 5.74) is 1.95. The first kappa shape index (κ1) is 24.0. The number of allylic oxidation sites excluding steroid dienone is 2. The minimum Gasteiger partial charge on any atom is -0.302 e. The maximum atomic E-state index is 11.4. The summed E-state index contributed by atoms with van der Waals surface area (Å²) >= 11 is 0. The Labute approximate surface area is 168 Å². The van der Waals surface area contributed by atoms with Gasteiger partial charge in [0.05, 0.1) is 6.61 Å². The molecule has 0 radical (unpaired) electrons. The van der Waals surface area contributed by atoms with E-state index in [2.05, 4.69) is 36.2 Å². The topological polar surface area (TPSA) is 113 Å². The molecule has 0 saturated heterocycles. The molecule has 0 aromatic carbocycles. The highest BCUT2D eigenvalue weighted by molar-refractivity contribution is 7.60. The van der Waals surface area contributed by atoms with Crippen LogP contribution in [-0.2, 0) is 18.0 Å². The number of fused-ring (bicyclic) bond motifs is 1. The van der Waals surface area contributed by atoms with Crippen molar-refractivity contribution in [2.75, 3.05) is 6.61 Å². The third kappa shape index (κ3) is 6.12. The molecule has 0 aromatic rings. The van der Waals surface area contributed by atoms with Crippen LogP contribution in [0, 0.1) is 22.7 Å². The molecule has 2 aliphatic rings. The van der Waals surface area contributed by atoms with Gasteiger partial charge in [-0.25, -0.2) is 9.13 Å². The van der Waals surface area contributed by atoms with Crippen molar-refractivity contribution in [3.8, 4) is 0 Å². The molecule has 2 saturated carbocycles. The Balaban J connectivity index is 1.89. The van der Waals surface area contributed by atoms with E-state index < -0.39 is 15.6 Å². The van der Waals surface area contributed by atoms with Gasteiger partial charge >= 0.3 is 15.6 Å². The summed E-state index contributed by atoms with van der Waals surface area (Å²) < 4.78 is 30.3. The minimum atomic E-state index is -5.08. The van der Waals surface area contributed by atoms with E-state index in [9.17, 15) is 14.0 Å². The molecule has 0 aliphatic heterocycles. The van der Waals surface area contributed by atoms with Gasteiger partial charge < -0.3 is 14.7 Å². The van der Waals surface area contributed by atoms with Crippen molar-refractivity contribution >= 4 is 15.6 Å².